The lowest BCUT2D eigenvalue weighted by Gasteiger charge is -2.20. The third-order valence-corrected chi connectivity index (χ3v) is 5.71. The number of nitrogens with zero attached hydrogens (tertiary/aromatic N) is 4. The molecule has 1 saturated carbocycles. The standard InChI is InChI=1S/C20H19FN6O2/c21-13-2-4-17-11(5-13)1-3-14(25-17)8-22-18-15-9-27(10-16(15)18)20-23-6-12(7-24-20)19(28)26-29/h1-7,15-16,18,22,29H,8-10H2,(H,26,28)/t15-,16+,18?. The Hall–Kier alpha value is -3.17. The molecule has 5 rings (SSSR count). The van der Waals surface area contributed by atoms with Crippen LogP contribution >= 0.6 is 0 Å². The third-order valence-electron chi connectivity index (χ3n) is 5.71. The number of carbonyl (C=O) groups excluding carboxylic acids is 1. The van der Waals surface area contributed by atoms with Crippen molar-refractivity contribution >= 4 is 22.8 Å². The van der Waals surface area contributed by atoms with Crippen molar-refractivity contribution in [3.05, 3.63) is 59.8 Å². The summed E-state index contributed by atoms with van der Waals surface area (Å²) in [7, 11) is 0. The van der Waals surface area contributed by atoms with Crippen LogP contribution in [0.1, 0.15) is 16.1 Å². The normalized spacial score (nSPS) is 22.6. The molecule has 0 bridgehead atoms. The van der Waals surface area contributed by atoms with Gasteiger partial charge in [-0.25, -0.2) is 19.8 Å². The van der Waals surface area contributed by atoms with Gasteiger partial charge < -0.3 is 10.2 Å². The zero-order valence-electron chi connectivity index (χ0n) is 15.4. The number of nitrogens with one attached hydrogen (secondary N) is 2. The second-order valence-corrected chi connectivity index (χ2v) is 7.49. The quantitative estimate of drug-likeness (QED) is 0.445. The van der Waals surface area contributed by atoms with E-state index in [2.05, 4.69) is 25.2 Å². The Labute approximate surface area is 165 Å². The number of hydrogen-bond donors (Lipinski definition) is 3. The number of benzene rings is 1. The molecule has 3 N–H and O–H groups in total. The Morgan fingerprint density at radius 2 is 1.93 bits per heavy atom. The zero-order chi connectivity index (χ0) is 20.0. The minimum Gasteiger partial charge on any atom is -0.340 e. The summed E-state index contributed by atoms with van der Waals surface area (Å²) in [6, 6.07) is 8.89. The van der Waals surface area contributed by atoms with Gasteiger partial charge in [-0.2, -0.15) is 0 Å². The first-order chi connectivity index (χ1) is 14.1. The molecule has 1 aliphatic carbocycles. The van der Waals surface area contributed by atoms with Crippen LogP contribution in [-0.2, 0) is 6.54 Å². The fourth-order valence-corrected chi connectivity index (χ4v) is 4.12. The van der Waals surface area contributed by atoms with Gasteiger partial charge in [0.25, 0.3) is 5.91 Å². The number of halogens is 1. The maximum Gasteiger partial charge on any atom is 0.277 e. The second-order valence-electron chi connectivity index (χ2n) is 7.49. The van der Waals surface area contributed by atoms with E-state index < -0.39 is 5.91 Å². The lowest BCUT2D eigenvalue weighted by atomic mass is 10.2. The van der Waals surface area contributed by atoms with E-state index >= 15 is 0 Å². The molecule has 2 fully saturated rings. The number of fused-ring (bicyclic) bond motifs is 2. The molecular weight excluding hydrogens is 375 g/mol. The van der Waals surface area contributed by atoms with Gasteiger partial charge in [-0.1, -0.05) is 6.07 Å². The largest absolute Gasteiger partial charge is 0.340 e. The van der Waals surface area contributed by atoms with Crippen LogP contribution < -0.4 is 15.7 Å². The van der Waals surface area contributed by atoms with E-state index in [-0.39, 0.29) is 11.4 Å². The minimum atomic E-state index is -0.627. The zero-order valence-corrected chi connectivity index (χ0v) is 15.4. The van der Waals surface area contributed by atoms with Crippen molar-refractivity contribution in [2.75, 3.05) is 18.0 Å². The van der Waals surface area contributed by atoms with E-state index in [0.717, 1.165) is 29.7 Å². The number of carbonyl (C=O) groups is 1. The van der Waals surface area contributed by atoms with E-state index in [1.54, 1.807) is 11.5 Å². The van der Waals surface area contributed by atoms with Crippen molar-refractivity contribution in [1.29, 1.82) is 0 Å². The van der Waals surface area contributed by atoms with Gasteiger partial charge in [-0.05, 0) is 36.1 Å². The van der Waals surface area contributed by atoms with E-state index in [9.17, 15) is 9.18 Å². The fraction of sp³-hybridized carbons (Fsp3) is 0.300. The average Bonchev–Trinajstić information content (AvgIpc) is 3.20. The van der Waals surface area contributed by atoms with Crippen LogP contribution in [0.25, 0.3) is 10.9 Å². The molecule has 3 aromatic rings. The molecule has 2 aliphatic rings. The van der Waals surface area contributed by atoms with Gasteiger partial charge in [-0.15, -0.1) is 0 Å². The van der Waals surface area contributed by atoms with Crippen molar-refractivity contribution in [3.8, 4) is 0 Å². The Morgan fingerprint density at radius 1 is 1.17 bits per heavy atom. The number of pyridine rings is 1. The van der Waals surface area contributed by atoms with Gasteiger partial charge in [0, 0.05) is 43.5 Å². The van der Waals surface area contributed by atoms with Crippen LogP contribution in [0.3, 0.4) is 0 Å². The number of amides is 1. The Morgan fingerprint density at radius 3 is 2.66 bits per heavy atom. The second kappa shape index (κ2) is 7.02. The van der Waals surface area contributed by atoms with Gasteiger partial charge in [0.2, 0.25) is 5.95 Å². The SMILES string of the molecule is O=C(NO)c1cnc(N2C[C@@H]3C(NCc4ccc5cc(F)ccc5n4)[C@@H]3C2)nc1. The summed E-state index contributed by atoms with van der Waals surface area (Å²) in [6.07, 6.45) is 2.82. The summed E-state index contributed by atoms with van der Waals surface area (Å²) in [5.41, 5.74) is 3.51. The number of aromatic nitrogens is 3. The summed E-state index contributed by atoms with van der Waals surface area (Å²) < 4.78 is 13.3. The highest BCUT2D eigenvalue weighted by Crippen LogP contribution is 2.46. The predicted octanol–water partition coefficient (Wildman–Crippen LogP) is 1.51. The van der Waals surface area contributed by atoms with Crippen LogP contribution in [0.2, 0.25) is 0 Å². The smallest absolute Gasteiger partial charge is 0.277 e. The molecule has 3 heterocycles. The molecule has 0 spiro atoms. The monoisotopic (exact) mass is 394 g/mol. The summed E-state index contributed by atoms with van der Waals surface area (Å²) in [4.78, 5) is 26.5. The molecular formula is C20H19FN6O2. The molecule has 8 nitrogen and oxygen atoms in total. The van der Waals surface area contributed by atoms with Gasteiger partial charge in [0.1, 0.15) is 5.82 Å². The van der Waals surface area contributed by atoms with E-state index in [1.807, 2.05) is 12.1 Å². The highest BCUT2D eigenvalue weighted by atomic mass is 19.1. The van der Waals surface area contributed by atoms with Crippen LogP contribution in [0.4, 0.5) is 10.3 Å². The Bertz CT molecular complexity index is 1060. The molecule has 1 unspecified atom stereocenters. The number of hydrogen-bond acceptors (Lipinski definition) is 7. The number of hydroxylamine groups is 1. The number of anilines is 1. The maximum absolute atomic E-state index is 13.3. The highest BCUT2D eigenvalue weighted by molar-refractivity contribution is 5.92. The summed E-state index contributed by atoms with van der Waals surface area (Å²) in [5, 5.41) is 13.0. The molecule has 1 aromatic carbocycles. The van der Waals surface area contributed by atoms with Crippen LogP contribution in [0, 0.1) is 17.7 Å². The molecule has 3 atom stereocenters. The van der Waals surface area contributed by atoms with Crippen molar-refractivity contribution in [2.45, 2.75) is 12.6 Å². The van der Waals surface area contributed by atoms with Crippen molar-refractivity contribution in [1.82, 2.24) is 25.7 Å². The van der Waals surface area contributed by atoms with Gasteiger partial charge >= 0.3 is 0 Å². The Balaban J connectivity index is 1.16. The van der Waals surface area contributed by atoms with Gasteiger partial charge in [0.05, 0.1) is 16.8 Å². The lowest BCUT2D eigenvalue weighted by Crippen LogP contribution is -2.32. The van der Waals surface area contributed by atoms with E-state index in [0.29, 0.717) is 30.4 Å². The first-order valence-electron chi connectivity index (χ1n) is 9.42. The fourth-order valence-electron chi connectivity index (χ4n) is 4.12. The first kappa shape index (κ1) is 17.9. The maximum atomic E-state index is 13.3. The topological polar surface area (TPSA) is 103 Å². The van der Waals surface area contributed by atoms with Crippen LogP contribution in [0.5, 0.6) is 0 Å². The molecule has 9 heteroatoms. The minimum absolute atomic E-state index is 0.214. The molecule has 1 aliphatic heterocycles. The predicted molar refractivity (Wildman–Crippen MR) is 103 cm³/mol. The van der Waals surface area contributed by atoms with Gasteiger partial charge in [-0.3, -0.25) is 15.0 Å². The lowest BCUT2D eigenvalue weighted by molar-refractivity contribution is 0.0705. The summed E-state index contributed by atoms with van der Waals surface area (Å²) >= 11 is 0. The first-order valence-corrected chi connectivity index (χ1v) is 9.42. The van der Waals surface area contributed by atoms with Crippen LogP contribution in [-0.4, -0.2) is 45.2 Å². The summed E-state index contributed by atoms with van der Waals surface area (Å²) in [6.45, 7) is 2.39. The summed E-state index contributed by atoms with van der Waals surface area (Å²) in [5.74, 6) is 0.782. The highest BCUT2D eigenvalue weighted by Gasteiger charge is 2.55. The molecule has 1 amide bonds. The number of rotatable bonds is 5. The van der Waals surface area contributed by atoms with Crippen LogP contribution in [0.15, 0.2) is 42.7 Å². The molecule has 148 valence electrons. The van der Waals surface area contributed by atoms with Crippen molar-refractivity contribution in [3.63, 3.8) is 0 Å². The third kappa shape index (κ3) is 3.39. The Kier molecular flexibility index (Phi) is 4.33. The average molecular weight is 394 g/mol. The molecule has 29 heavy (non-hydrogen) atoms. The van der Waals surface area contributed by atoms with Gasteiger partial charge in [0.15, 0.2) is 0 Å². The molecule has 1 saturated heterocycles. The molecule has 0 radical (unpaired) electrons. The van der Waals surface area contributed by atoms with E-state index in [4.69, 9.17) is 5.21 Å². The van der Waals surface area contributed by atoms with E-state index in [1.165, 1.54) is 24.5 Å². The van der Waals surface area contributed by atoms with Crippen molar-refractivity contribution in [2.24, 2.45) is 11.8 Å². The van der Waals surface area contributed by atoms with Crippen molar-refractivity contribution < 1.29 is 14.4 Å². The molecule has 2 aromatic heterocycles. The number of piperidine rings is 1.